The Labute approximate surface area is 131 Å². The van der Waals surface area contributed by atoms with Gasteiger partial charge in [-0.25, -0.2) is 0 Å². The molecule has 0 N–H and O–H groups in total. The molecule has 0 spiro atoms. The molecule has 3 nitrogen and oxygen atoms in total. The lowest BCUT2D eigenvalue weighted by Crippen LogP contribution is -2.47. The van der Waals surface area contributed by atoms with Crippen molar-refractivity contribution in [2.24, 2.45) is 11.8 Å². The first kappa shape index (κ1) is 15.0. The largest absolute Gasteiger partial charge is 0.367 e. The normalized spacial score (nSPS) is 22.3. The maximum atomic E-state index is 12.2. The minimum absolute atomic E-state index is 0.311. The molecule has 1 aliphatic rings. The average molecular weight is 297 g/mol. The molecule has 2 aromatic carbocycles. The average Bonchev–Trinajstić information content (AvgIpc) is 2.45. The van der Waals surface area contributed by atoms with Crippen LogP contribution in [0.1, 0.15) is 31.4 Å². The van der Waals surface area contributed by atoms with Crippen molar-refractivity contribution in [3.63, 3.8) is 0 Å². The summed E-state index contributed by atoms with van der Waals surface area (Å²) in [6.07, 6.45) is 1.19. The second-order valence-electron chi connectivity index (χ2n) is 7.03. The van der Waals surface area contributed by atoms with E-state index in [0.717, 1.165) is 24.2 Å². The third kappa shape index (κ3) is 2.39. The van der Waals surface area contributed by atoms with Gasteiger partial charge in [0.2, 0.25) is 10.9 Å². The highest BCUT2D eigenvalue weighted by atomic mass is 16.2. The Balaban J connectivity index is 2.04. The third-order valence-corrected chi connectivity index (χ3v) is 4.87. The number of piperidine rings is 1. The summed E-state index contributed by atoms with van der Waals surface area (Å²) in [4.78, 5) is 26.4. The molecule has 1 aliphatic heterocycles. The van der Waals surface area contributed by atoms with Crippen LogP contribution >= 0.6 is 0 Å². The Morgan fingerprint density at radius 1 is 0.955 bits per heavy atom. The molecule has 0 saturated carbocycles. The van der Waals surface area contributed by atoms with Crippen LogP contribution < -0.4 is 15.8 Å². The minimum atomic E-state index is -0.330. The van der Waals surface area contributed by atoms with Crippen LogP contribution in [0.15, 0.2) is 27.8 Å². The first-order chi connectivity index (χ1) is 10.4. The predicted octanol–water partition coefficient (Wildman–Crippen LogP) is 3.05. The maximum absolute atomic E-state index is 12.2. The van der Waals surface area contributed by atoms with Gasteiger partial charge in [0.15, 0.2) is 0 Å². The summed E-state index contributed by atoms with van der Waals surface area (Å²) in [6, 6.07) is 6.00. The molecule has 2 aromatic rings. The Morgan fingerprint density at radius 2 is 1.59 bits per heavy atom. The van der Waals surface area contributed by atoms with E-state index in [4.69, 9.17) is 0 Å². The van der Waals surface area contributed by atoms with Gasteiger partial charge in [0, 0.05) is 13.1 Å². The van der Waals surface area contributed by atoms with Crippen LogP contribution in [0.25, 0.3) is 11.1 Å². The van der Waals surface area contributed by atoms with Crippen molar-refractivity contribution in [3.8, 4) is 11.1 Å². The highest BCUT2D eigenvalue weighted by Crippen LogP contribution is 2.32. The van der Waals surface area contributed by atoms with E-state index in [1.165, 1.54) is 12.0 Å². The van der Waals surface area contributed by atoms with E-state index < -0.39 is 0 Å². The first-order valence-electron chi connectivity index (χ1n) is 8.04. The summed E-state index contributed by atoms with van der Waals surface area (Å²) in [7, 11) is 0. The van der Waals surface area contributed by atoms with Crippen molar-refractivity contribution in [2.75, 3.05) is 18.0 Å². The van der Waals surface area contributed by atoms with Crippen molar-refractivity contribution in [1.29, 1.82) is 0 Å². The number of rotatable bonds is 2. The van der Waals surface area contributed by atoms with Gasteiger partial charge in [-0.1, -0.05) is 32.0 Å². The molecule has 0 aliphatic carbocycles. The minimum Gasteiger partial charge on any atom is -0.367 e. The van der Waals surface area contributed by atoms with Crippen molar-refractivity contribution >= 4 is 5.69 Å². The maximum Gasteiger partial charge on any atom is 0.250 e. The third-order valence-electron chi connectivity index (χ3n) is 4.87. The van der Waals surface area contributed by atoms with Crippen molar-refractivity contribution in [1.82, 2.24) is 0 Å². The zero-order chi connectivity index (χ0) is 16.0. The lowest BCUT2D eigenvalue weighted by molar-refractivity contribution is 0.356. The van der Waals surface area contributed by atoms with Crippen LogP contribution in [0.3, 0.4) is 0 Å². The molecular weight excluding hydrogens is 274 g/mol. The van der Waals surface area contributed by atoms with Gasteiger partial charge < -0.3 is 4.90 Å². The number of aryl methyl sites for hydroxylation is 2. The Bertz CT molecular complexity index is 773. The second-order valence-corrected chi connectivity index (χ2v) is 7.03. The molecule has 1 fully saturated rings. The van der Waals surface area contributed by atoms with Crippen LogP contribution in [0, 0.1) is 25.7 Å². The molecule has 0 bridgehead atoms. The van der Waals surface area contributed by atoms with Crippen LogP contribution in [-0.4, -0.2) is 13.1 Å². The van der Waals surface area contributed by atoms with E-state index in [1.807, 2.05) is 25.1 Å². The Morgan fingerprint density at radius 3 is 2.18 bits per heavy atom. The smallest absolute Gasteiger partial charge is 0.250 e. The predicted molar refractivity (Wildman–Crippen MR) is 91.4 cm³/mol. The highest BCUT2D eigenvalue weighted by molar-refractivity contribution is 5.83. The van der Waals surface area contributed by atoms with Crippen LogP contribution in [0.4, 0.5) is 5.69 Å². The fraction of sp³-hybridized carbons (Fsp3) is 0.474. The van der Waals surface area contributed by atoms with Gasteiger partial charge in [-0.05, 0) is 48.8 Å². The number of hydrogen-bond acceptors (Lipinski definition) is 3. The summed E-state index contributed by atoms with van der Waals surface area (Å²) in [6.45, 7) is 10.2. The van der Waals surface area contributed by atoms with E-state index in [-0.39, 0.29) is 10.9 Å². The van der Waals surface area contributed by atoms with E-state index in [1.54, 1.807) is 0 Å². The molecule has 3 rings (SSSR count). The molecule has 0 amide bonds. The van der Waals surface area contributed by atoms with Crippen LogP contribution in [0.2, 0.25) is 0 Å². The number of anilines is 1. The van der Waals surface area contributed by atoms with Gasteiger partial charge in [0.1, 0.15) is 5.69 Å². The van der Waals surface area contributed by atoms with E-state index in [2.05, 4.69) is 25.7 Å². The summed E-state index contributed by atoms with van der Waals surface area (Å²) in [5, 5.41) is 0. The van der Waals surface area contributed by atoms with E-state index in [9.17, 15) is 9.59 Å². The summed E-state index contributed by atoms with van der Waals surface area (Å²) in [5.74, 6) is 1.11. The molecule has 3 heteroatoms. The fourth-order valence-corrected chi connectivity index (χ4v) is 3.69. The topological polar surface area (TPSA) is 37.4 Å². The molecule has 1 heterocycles. The lowest BCUT2D eigenvalue weighted by atomic mass is 9.89. The van der Waals surface area contributed by atoms with Crippen LogP contribution in [0.5, 0.6) is 0 Å². The molecular formula is C19H23NO2. The van der Waals surface area contributed by atoms with Gasteiger partial charge in [-0.15, -0.1) is 0 Å². The van der Waals surface area contributed by atoms with Gasteiger partial charge >= 0.3 is 0 Å². The van der Waals surface area contributed by atoms with Crippen molar-refractivity contribution in [2.45, 2.75) is 34.1 Å². The highest BCUT2D eigenvalue weighted by Gasteiger charge is 2.31. The number of hydrogen-bond donors (Lipinski definition) is 0. The molecule has 0 radical (unpaired) electrons. The number of nitrogens with zero attached hydrogens (tertiary/aromatic N) is 1. The van der Waals surface area contributed by atoms with Gasteiger partial charge in [0.05, 0.1) is 5.56 Å². The quantitative estimate of drug-likeness (QED) is 0.800. The molecule has 22 heavy (non-hydrogen) atoms. The van der Waals surface area contributed by atoms with E-state index in [0.29, 0.717) is 23.1 Å². The molecule has 0 unspecified atom stereocenters. The fourth-order valence-electron chi connectivity index (χ4n) is 3.69. The molecule has 1 saturated heterocycles. The van der Waals surface area contributed by atoms with Gasteiger partial charge in [-0.2, -0.15) is 0 Å². The molecule has 2 atom stereocenters. The summed E-state index contributed by atoms with van der Waals surface area (Å²) >= 11 is 0. The summed E-state index contributed by atoms with van der Waals surface area (Å²) in [5.41, 5.74) is 3.86. The Hall–Kier alpha value is -1.90. The number of benzene rings is 1. The summed E-state index contributed by atoms with van der Waals surface area (Å²) < 4.78 is 0. The van der Waals surface area contributed by atoms with E-state index >= 15 is 0 Å². The van der Waals surface area contributed by atoms with Gasteiger partial charge in [-0.3, -0.25) is 9.59 Å². The molecule has 116 valence electrons. The standard InChI is InChI=1S/C19H23NO2/c1-11-7-12(2)10-20(9-11)17-16(18(21)19(17)22)15-6-5-13(3)14(4)8-15/h5-6,8,11-12H,7,9-10H2,1-4H3/t11-,12+. The monoisotopic (exact) mass is 297 g/mol. The zero-order valence-electron chi connectivity index (χ0n) is 13.8. The van der Waals surface area contributed by atoms with Crippen molar-refractivity contribution in [3.05, 3.63) is 49.8 Å². The first-order valence-corrected chi connectivity index (χ1v) is 8.04. The SMILES string of the molecule is Cc1ccc(-c2c(N3C[C@H](C)C[C@H](C)C3)c(=O)c2=O)cc1C. The lowest BCUT2D eigenvalue weighted by Gasteiger charge is -2.37. The molecule has 0 aromatic heterocycles. The second kappa shape index (κ2) is 5.38. The van der Waals surface area contributed by atoms with Crippen LogP contribution in [-0.2, 0) is 0 Å². The van der Waals surface area contributed by atoms with Gasteiger partial charge in [0.25, 0.3) is 0 Å². The Kier molecular flexibility index (Phi) is 3.67. The van der Waals surface area contributed by atoms with Crippen molar-refractivity contribution < 1.29 is 0 Å². The zero-order valence-corrected chi connectivity index (χ0v) is 13.8.